The number of allylic oxidation sites excluding steroid dienone is 1. The Hall–Kier alpha value is -3.70. The van der Waals surface area contributed by atoms with Crippen molar-refractivity contribution >= 4 is 43.0 Å². The molecule has 0 spiro atoms. The molecule has 0 bridgehead atoms. The Balaban J connectivity index is 1.54. The highest BCUT2D eigenvalue weighted by Crippen LogP contribution is 2.32. The van der Waals surface area contributed by atoms with Crippen LogP contribution in [0.5, 0.6) is 5.75 Å². The summed E-state index contributed by atoms with van der Waals surface area (Å²) in [5.41, 5.74) is 1.56. The van der Waals surface area contributed by atoms with Crippen LogP contribution in [0, 0.1) is 0 Å². The molecule has 5 amide bonds. The number of halogens is 1. The third-order valence-electron chi connectivity index (χ3n) is 7.65. The standard InChI is InChI=1S/C30H39ClN7O5P/c1-4-16-44(3)30(42)33-15-7-10-25-28(40)36(18-22-8-5-6-9-24(22)31)19-26-37(25)27(39)20-35(2)38(26)29(41)34-17-21-11-13-23(43-32)14-12-21/h4-6,8-9,11-14,25-26H,1,7,10,15-20,32H2,2-3H3,(H,33,42)(H,34,41)/t25-,26?,44?/m0/s1. The molecule has 0 aliphatic carbocycles. The maximum atomic E-state index is 13.9. The number of piperazine rings is 1. The van der Waals surface area contributed by atoms with Gasteiger partial charge in [-0.05, 0) is 62.9 Å². The van der Waals surface area contributed by atoms with Gasteiger partial charge in [0.25, 0.3) is 0 Å². The number of nitrogens with two attached hydrogens (primary N) is 1. The van der Waals surface area contributed by atoms with Crippen LogP contribution in [0.25, 0.3) is 0 Å². The molecule has 0 aromatic heterocycles. The predicted molar refractivity (Wildman–Crippen MR) is 170 cm³/mol. The van der Waals surface area contributed by atoms with Crippen LogP contribution in [0.3, 0.4) is 0 Å². The van der Waals surface area contributed by atoms with Crippen molar-refractivity contribution in [1.82, 2.24) is 30.5 Å². The summed E-state index contributed by atoms with van der Waals surface area (Å²) in [5, 5.41) is 9.46. The van der Waals surface area contributed by atoms with Gasteiger partial charge in [-0.1, -0.05) is 48.0 Å². The Morgan fingerprint density at radius 2 is 1.89 bits per heavy atom. The van der Waals surface area contributed by atoms with E-state index in [-0.39, 0.29) is 43.6 Å². The van der Waals surface area contributed by atoms with Crippen molar-refractivity contribution in [1.29, 1.82) is 0 Å². The van der Waals surface area contributed by atoms with Gasteiger partial charge in [0.15, 0.2) is 0 Å². The summed E-state index contributed by atoms with van der Waals surface area (Å²) in [6, 6.07) is 13.0. The summed E-state index contributed by atoms with van der Waals surface area (Å²) in [4.78, 5) is 61.3. The molecule has 4 rings (SSSR count). The van der Waals surface area contributed by atoms with Gasteiger partial charge in [-0.25, -0.2) is 14.8 Å². The number of carbonyl (C=O) groups excluding carboxylic acids is 4. The zero-order chi connectivity index (χ0) is 31.8. The number of urea groups is 1. The maximum absolute atomic E-state index is 13.9. The van der Waals surface area contributed by atoms with Crippen molar-refractivity contribution in [2.24, 2.45) is 5.90 Å². The predicted octanol–water partition coefficient (Wildman–Crippen LogP) is 3.32. The van der Waals surface area contributed by atoms with Crippen LogP contribution in [0.1, 0.15) is 24.0 Å². The fourth-order valence-corrected chi connectivity index (χ4v) is 6.53. The smallest absolute Gasteiger partial charge is 0.334 e. The zero-order valence-corrected chi connectivity index (χ0v) is 26.6. The van der Waals surface area contributed by atoms with Crippen molar-refractivity contribution in [3.8, 4) is 5.75 Å². The highest BCUT2D eigenvalue weighted by atomic mass is 35.5. The van der Waals surface area contributed by atoms with E-state index in [0.717, 1.165) is 11.1 Å². The van der Waals surface area contributed by atoms with Gasteiger partial charge >= 0.3 is 6.03 Å². The van der Waals surface area contributed by atoms with Crippen molar-refractivity contribution < 1.29 is 24.0 Å². The Bertz CT molecular complexity index is 1360. The number of benzene rings is 2. The van der Waals surface area contributed by atoms with Gasteiger partial charge in [-0.15, -0.1) is 6.58 Å². The average Bonchev–Trinajstić information content (AvgIpc) is 3.01. The number of rotatable bonds is 12. The Morgan fingerprint density at radius 1 is 1.16 bits per heavy atom. The number of hydrazine groups is 1. The van der Waals surface area contributed by atoms with Crippen LogP contribution in [-0.4, -0.2) is 95.0 Å². The number of hydrogen-bond donors (Lipinski definition) is 3. The zero-order valence-electron chi connectivity index (χ0n) is 24.9. The number of amides is 5. The lowest BCUT2D eigenvalue weighted by Crippen LogP contribution is -2.75. The molecule has 2 aliphatic heterocycles. The van der Waals surface area contributed by atoms with Crippen LogP contribution in [0.15, 0.2) is 61.2 Å². The van der Waals surface area contributed by atoms with E-state index < -0.39 is 26.2 Å². The van der Waals surface area contributed by atoms with Crippen LogP contribution in [0.2, 0.25) is 5.02 Å². The molecule has 2 unspecified atom stereocenters. The van der Waals surface area contributed by atoms with E-state index in [4.69, 9.17) is 22.3 Å². The molecule has 44 heavy (non-hydrogen) atoms. The monoisotopic (exact) mass is 643 g/mol. The molecule has 0 radical (unpaired) electrons. The molecule has 236 valence electrons. The van der Waals surface area contributed by atoms with E-state index in [9.17, 15) is 19.2 Å². The third-order valence-corrected chi connectivity index (χ3v) is 9.68. The highest BCUT2D eigenvalue weighted by Gasteiger charge is 2.50. The van der Waals surface area contributed by atoms with Crippen molar-refractivity contribution in [3.05, 3.63) is 77.3 Å². The number of nitrogens with zero attached hydrogens (tertiary/aromatic N) is 4. The molecule has 2 aliphatic rings. The van der Waals surface area contributed by atoms with Crippen LogP contribution in [0.4, 0.5) is 9.59 Å². The summed E-state index contributed by atoms with van der Waals surface area (Å²) >= 11 is 6.44. The molecule has 3 atom stereocenters. The minimum Gasteiger partial charge on any atom is -0.412 e. The molecule has 4 N–H and O–H groups in total. The molecule has 0 saturated carbocycles. The quantitative estimate of drug-likeness (QED) is 0.140. The molecular weight excluding hydrogens is 605 g/mol. The normalized spacial score (nSPS) is 19.3. The maximum Gasteiger partial charge on any atom is 0.334 e. The van der Waals surface area contributed by atoms with E-state index in [1.807, 2.05) is 24.9 Å². The van der Waals surface area contributed by atoms with Crippen molar-refractivity contribution in [2.75, 3.05) is 39.5 Å². The van der Waals surface area contributed by atoms with Gasteiger partial charge in [0.2, 0.25) is 17.5 Å². The van der Waals surface area contributed by atoms with E-state index in [1.54, 1.807) is 53.4 Å². The Labute approximate surface area is 263 Å². The Morgan fingerprint density at radius 3 is 2.57 bits per heavy atom. The average molecular weight is 644 g/mol. The van der Waals surface area contributed by atoms with E-state index in [1.165, 1.54) is 9.91 Å². The van der Waals surface area contributed by atoms with Gasteiger partial charge in [-0.3, -0.25) is 14.4 Å². The minimum atomic E-state index is -0.871. The fourth-order valence-electron chi connectivity index (χ4n) is 5.40. The summed E-state index contributed by atoms with van der Waals surface area (Å²) in [5.74, 6) is 5.22. The van der Waals surface area contributed by atoms with Gasteiger partial charge in [0.05, 0.1) is 13.1 Å². The number of likely N-dealkylation sites (N-methyl/N-ethyl adjacent to an activating group) is 1. The molecule has 2 heterocycles. The lowest BCUT2D eigenvalue weighted by atomic mass is 10.0. The molecule has 2 aromatic carbocycles. The molecule has 2 aromatic rings. The summed E-state index contributed by atoms with van der Waals surface area (Å²) < 4.78 is 0. The lowest BCUT2D eigenvalue weighted by Gasteiger charge is -2.54. The first-order valence-electron chi connectivity index (χ1n) is 14.3. The summed E-state index contributed by atoms with van der Waals surface area (Å²) in [7, 11) is 0.804. The highest BCUT2D eigenvalue weighted by molar-refractivity contribution is 7.74. The number of carbonyl (C=O) groups is 4. The summed E-state index contributed by atoms with van der Waals surface area (Å²) in [6.07, 6.45) is 2.40. The van der Waals surface area contributed by atoms with Crippen LogP contribution >= 0.6 is 19.5 Å². The summed E-state index contributed by atoms with van der Waals surface area (Å²) in [6.45, 7) is 6.43. The molecular formula is C30H39ClN7O5P. The Kier molecular flexibility index (Phi) is 11.6. The van der Waals surface area contributed by atoms with Crippen molar-refractivity contribution in [2.45, 2.75) is 38.1 Å². The van der Waals surface area contributed by atoms with Crippen LogP contribution in [-0.2, 0) is 22.7 Å². The SMILES string of the molecule is C=CCP(C)C(=O)NCCC[C@H]1C(=O)N(Cc2ccccc2Cl)CC2N1C(=O)CN(C)N2C(=O)NCc1ccc(ON)cc1. The molecule has 2 saturated heterocycles. The van der Waals surface area contributed by atoms with Crippen LogP contribution < -0.4 is 21.4 Å². The first-order chi connectivity index (χ1) is 21.1. The fraction of sp³-hybridized carbons (Fsp3) is 0.400. The lowest BCUT2D eigenvalue weighted by molar-refractivity contribution is -0.188. The molecule has 12 nitrogen and oxygen atoms in total. The second-order valence-corrected chi connectivity index (χ2v) is 13.3. The van der Waals surface area contributed by atoms with E-state index in [2.05, 4.69) is 17.2 Å². The molecule has 2 fully saturated rings. The second kappa shape index (κ2) is 15.3. The van der Waals surface area contributed by atoms with Gasteiger partial charge in [0.1, 0.15) is 18.0 Å². The third kappa shape index (κ3) is 7.87. The number of nitrogens with one attached hydrogen (secondary N) is 2. The number of fused-ring (bicyclic) bond motifs is 1. The first kappa shape index (κ1) is 33.2. The molecule has 14 heteroatoms. The van der Waals surface area contributed by atoms with Crippen molar-refractivity contribution in [3.63, 3.8) is 0 Å². The van der Waals surface area contributed by atoms with Gasteiger partial charge in [0, 0.05) is 31.7 Å². The second-order valence-electron chi connectivity index (χ2n) is 10.7. The van der Waals surface area contributed by atoms with Gasteiger partial charge < -0.3 is 25.3 Å². The van der Waals surface area contributed by atoms with E-state index in [0.29, 0.717) is 36.3 Å². The van der Waals surface area contributed by atoms with E-state index >= 15 is 0 Å². The largest absolute Gasteiger partial charge is 0.412 e. The topological polar surface area (TPSA) is 141 Å². The first-order valence-corrected chi connectivity index (χ1v) is 16.7. The van der Waals surface area contributed by atoms with Gasteiger partial charge in [-0.2, -0.15) is 5.90 Å². The minimum absolute atomic E-state index is 0.0307. The number of hydrogen-bond acceptors (Lipinski definition) is 7.